The zero-order valence-corrected chi connectivity index (χ0v) is 12.6. The van der Waals surface area contributed by atoms with Gasteiger partial charge in [0.2, 0.25) is 0 Å². The lowest BCUT2D eigenvalue weighted by atomic mass is 10.3. The van der Waals surface area contributed by atoms with Crippen molar-refractivity contribution in [2.45, 2.75) is 4.90 Å². The fourth-order valence-electron chi connectivity index (χ4n) is 1.77. The van der Waals surface area contributed by atoms with Crippen LogP contribution in [0.3, 0.4) is 0 Å². The highest BCUT2D eigenvalue weighted by Gasteiger charge is 2.19. The van der Waals surface area contributed by atoms with Gasteiger partial charge in [0.1, 0.15) is 4.90 Å². The van der Waals surface area contributed by atoms with Gasteiger partial charge in [-0.3, -0.25) is 4.72 Å². The van der Waals surface area contributed by atoms with E-state index in [1.165, 1.54) is 18.3 Å². The molecule has 7 nitrogen and oxygen atoms in total. The molecular weight excluding hydrogens is 290 g/mol. The molecule has 8 heteroatoms. The number of benzene rings is 1. The number of pyridine rings is 1. The number of nitrogens with zero attached hydrogens (tertiary/aromatic N) is 2. The number of nitrogens with one attached hydrogen (secondary N) is 2. The molecule has 0 fully saturated rings. The zero-order valence-electron chi connectivity index (χ0n) is 11.7. The van der Waals surface area contributed by atoms with Crippen molar-refractivity contribution >= 4 is 27.2 Å². The molecule has 1 heterocycles. The highest BCUT2D eigenvalue weighted by atomic mass is 32.2. The van der Waals surface area contributed by atoms with Crippen molar-refractivity contribution < 1.29 is 8.42 Å². The standard InChI is InChI=1S/C13H17N5O2S/c1-18(2)11-6-3-5-10(9-11)17-21(19,20)12-7-4-8-15-13(12)16-14/h3-9,17H,14H2,1-2H3,(H,15,16). The molecule has 1 aromatic heterocycles. The molecule has 4 N–H and O–H groups in total. The number of aromatic nitrogens is 1. The minimum absolute atomic E-state index is 0.0113. The molecule has 2 rings (SSSR count). The molecule has 0 aliphatic carbocycles. The van der Waals surface area contributed by atoms with Gasteiger partial charge in [0.25, 0.3) is 10.0 Å². The molecule has 1 aromatic carbocycles. The summed E-state index contributed by atoms with van der Waals surface area (Å²) in [5, 5.41) is 0. The normalized spacial score (nSPS) is 11.0. The molecule has 0 aliphatic heterocycles. The van der Waals surface area contributed by atoms with Crippen LogP contribution in [0, 0.1) is 0 Å². The van der Waals surface area contributed by atoms with Crippen LogP contribution in [0.1, 0.15) is 0 Å². The van der Waals surface area contributed by atoms with Gasteiger partial charge in [0.05, 0.1) is 5.69 Å². The molecular formula is C13H17N5O2S. The fourth-order valence-corrected chi connectivity index (χ4v) is 2.94. The van der Waals surface area contributed by atoms with Gasteiger partial charge in [0, 0.05) is 26.0 Å². The molecule has 0 aliphatic rings. The number of hydrogen-bond donors (Lipinski definition) is 3. The van der Waals surface area contributed by atoms with E-state index in [1.54, 1.807) is 18.2 Å². The van der Waals surface area contributed by atoms with Crippen LogP contribution in [0.25, 0.3) is 0 Å². The lowest BCUT2D eigenvalue weighted by molar-refractivity contribution is 0.601. The van der Waals surface area contributed by atoms with E-state index in [2.05, 4.69) is 15.1 Å². The summed E-state index contributed by atoms with van der Waals surface area (Å²) in [5.41, 5.74) is 3.63. The number of rotatable bonds is 5. The molecule has 0 bridgehead atoms. The van der Waals surface area contributed by atoms with Gasteiger partial charge in [-0.15, -0.1) is 0 Å². The Morgan fingerprint density at radius 3 is 2.62 bits per heavy atom. The second kappa shape index (κ2) is 5.98. The quantitative estimate of drug-likeness (QED) is 0.567. The minimum atomic E-state index is -3.77. The van der Waals surface area contributed by atoms with Crippen LogP contribution >= 0.6 is 0 Å². The molecule has 0 saturated carbocycles. The van der Waals surface area contributed by atoms with Crippen molar-refractivity contribution in [2.24, 2.45) is 5.84 Å². The van der Waals surface area contributed by atoms with E-state index >= 15 is 0 Å². The van der Waals surface area contributed by atoms with Crippen molar-refractivity contribution in [1.29, 1.82) is 0 Å². The second-order valence-electron chi connectivity index (χ2n) is 4.54. The van der Waals surface area contributed by atoms with Gasteiger partial charge in [-0.25, -0.2) is 19.2 Å². The average Bonchev–Trinajstić information content (AvgIpc) is 2.47. The van der Waals surface area contributed by atoms with Gasteiger partial charge in [-0.1, -0.05) is 6.07 Å². The number of sulfonamides is 1. The van der Waals surface area contributed by atoms with Crippen molar-refractivity contribution in [3.63, 3.8) is 0 Å². The van der Waals surface area contributed by atoms with E-state index in [1.807, 2.05) is 25.1 Å². The predicted octanol–water partition coefficient (Wildman–Crippen LogP) is 1.23. The van der Waals surface area contributed by atoms with Gasteiger partial charge in [-0.2, -0.15) is 0 Å². The van der Waals surface area contributed by atoms with E-state index in [4.69, 9.17) is 5.84 Å². The summed E-state index contributed by atoms with van der Waals surface area (Å²) in [6.07, 6.45) is 1.46. The van der Waals surface area contributed by atoms with Crippen molar-refractivity contribution in [1.82, 2.24) is 4.98 Å². The monoisotopic (exact) mass is 307 g/mol. The molecule has 0 spiro atoms. The Hall–Kier alpha value is -2.32. The maximum absolute atomic E-state index is 12.4. The van der Waals surface area contributed by atoms with Crippen LogP contribution in [-0.2, 0) is 10.0 Å². The maximum atomic E-state index is 12.4. The number of anilines is 3. The summed E-state index contributed by atoms with van der Waals surface area (Å²) in [6.45, 7) is 0. The first kappa shape index (κ1) is 15.1. The van der Waals surface area contributed by atoms with Crippen LogP contribution in [-0.4, -0.2) is 27.5 Å². The van der Waals surface area contributed by atoms with Crippen LogP contribution in [0.4, 0.5) is 17.2 Å². The summed E-state index contributed by atoms with van der Waals surface area (Å²) in [6, 6.07) is 10.0. The highest BCUT2D eigenvalue weighted by Crippen LogP contribution is 2.23. The SMILES string of the molecule is CN(C)c1cccc(NS(=O)(=O)c2cccnc2NN)c1. The Morgan fingerprint density at radius 2 is 1.95 bits per heavy atom. The lowest BCUT2D eigenvalue weighted by Gasteiger charge is -2.15. The lowest BCUT2D eigenvalue weighted by Crippen LogP contribution is -2.18. The molecule has 0 saturated heterocycles. The van der Waals surface area contributed by atoms with Crippen LogP contribution < -0.4 is 20.9 Å². The van der Waals surface area contributed by atoms with Crippen LogP contribution in [0.5, 0.6) is 0 Å². The molecule has 0 radical (unpaired) electrons. The van der Waals surface area contributed by atoms with Gasteiger partial charge in [0.15, 0.2) is 5.82 Å². The smallest absolute Gasteiger partial charge is 0.265 e. The molecule has 21 heavy (non-hydrogen) atoms. The highest BCUT2D eigenvalue weighted by molar-refractivity contribution is 7.92. The third-order valence-electron chi connectivity index (χ3n) is 2.81. The molecule has 0 atom stereocenters. The summed E-state index contributed by atoms with van der Waals surface area (Å²) < 4.78 is 27.3. The Bertz CT molecular complexity index is 731. The van der Waals surface area contributed by atoms with Crippen molar-refractivity contribution in [3.8, 4) is 0 Å². The number of hydrazine groups is 1. The van der Waals surface area contributed by atoms with E-state index in [-0.39, 0.29) is 10.7 Å². The summed E-state index contributed by atoms with van der Waals surface area (Å²) in [5.74, 6) is 5.38. The third kappa shape index (κ3) is 3.41. The Balaban J connectivity index is 2.35. The second-order valence-corrected chi connectivity index (χ2v) is 6.20. The number of hydrogen-bond acceptors (Lipinski definition) is 6. The van der Waals surface area contributed by atoms with Gasteiger partial charge < -0.3 is 10.3 Å². The summed E-state index contributed by atoms with van der Waals surface area (Å²) in [7, 11) is -0.0118. The Kier molecular flexibility index (Phi) is 4.29. The van der Waals surface area contributed by atoms with E-state index in [0.29, 0.717) is 5.69 Å². The largest absolute Gasteiger partial charge is 0.378 e. The zero-order chi connectivity index (χ0) is 15.5. The first-order valence-corrected chi connectivity index (χ1v) is 7.64. The van der Waals surface area contributed by atoms with E-state index < -0.39 is 10.0 Å². The summed E-state index contributed by atoms with van der Waals surface area (Å²) in [4.78, 5) is 5.76. The summed E-state index contributed by atoms with van der Waals surface area (Å²) >= 11 is 0. The van der Waals surface area contributed by atoms with Crippen molar-refractivity contribution in [2.75, 3.05) is 29.1 Å². The number of nitrogen functional groups attached to an aromatic ring is 1. The first-order chi connectivity index (χ1) is 9.94. The third-order valence-corrected chi connectivity index (χ3v) is 4.22. The minimum Gasteiger partial charge on any atom is -0.378 e. The van der Waals surface area contributed by atoms with Gasteiger partial charge >= 0.3 is 0 Å². The fraction of sp³-hybridized carbons (Fsp3) is 0.154. The average molecular weight is 307 g/mol. The van der Waals surface area contributed by atoms with Gasteiger partial charge in [-0.05, 0) is 30.3 Å². The molecule has 0 amide bonds. The molecule has 0 unspecified atom stereocenters. The first-order valence-electron chi connectivity index (χ1n) is 6.16. The van der Waals surface area contributed by atoms with E-state index in [9.17, 15) is 8.42 Å². The molecule has 112 valence electrons. The van der Waals surface area contributed by atoms with Crippen LogP contribution in [0.15, 0.2) is 47.5 Å². The maximum Gasteiger partial charge on any atom is 0.265 e. The topological polar surface area (TPSA) is 100 Å². The predicted molar refractivity (Wildman–Crippen MR) is 83.6 cm³/mol. The number of nitrogens with two attached hydrogens (primary N) is 1. The Morgan fingerprint density at radius 1 is 1.19 bits per heavy atom. The van der Waals surface area contributed by atoms with E-state index in [0.717, 1.165) is 5.69 Å². The molecule has 2 aromatic rings. The van der Waals surface area contributed by atoms with Crippen molar-refractivity contribution in [3.05, 3.63) is 42.6 Å². The van der Waals surface area contributed by atoms with Crippen LogP contribution in [0.2, 0.25) is 0 Å². The Labute approximate surface area is 123 Å².